The van der Waals surface area contributed by atoms with Crippen LogP contribution < -0.4 is 10.9 Å². The molecule has 0 saturated heterocycles. The van der Waals surface area contributed by atoms with Crippen molar-refractivity contribution in [2.75, 3.05) is 12.0 Å². The number of pyridine rings is 1. The van der Waals surface area contributed by atoms with Gasteiger partial charge >= 0.3 is 0 Å². The predicted octanol–water partition coefficient (Wildman–Crippen LogP) is 4.15. The zero-order chi connectivity index (χ0) is 22.7. The van der Waals surface area contributed by atoms with Crippen molar-refractivity contribution in [3.63, 3.8) is 0 Å². The lowest BCUT2D eigenvalue weighted by Gasteiger charge is -2.19. The van der Waals surface area contributed by atoms with Gasteiger partial charge in [-0.2, -0.15) is 11.8 Å². The van der Waals surface area contributed by atoms with E-state index in [4.69, 9.17) is 0 Å². The van der Waals surface area contributed by atoms with Gasteiger partial charge < -0.3 is 15.3 Å². The van der Waals surface area contributed by atoms with Gasteiger partial charge in [0.1, 0.15) is 5.82 Å². The number of rotatable bonds is 7. The van der Waals surface area contributed by atoms with E-state index in [0.29, 0.717) is 29.1 Å². The van der Waals surface area contributed by atoms with Crippen LogP contribution in [0.1, 0.15) is 39.8 Å². The molecular weight excluding hydrogens is 422 g/mol. The summed E-state index contributed by atoms with van der Waals surface area (Å²) in [6, 6.07) is 10.4. The highest BCUT2D eigenvalue weighted by molar-refractivity contribution is 7.98. The number of H-pyrrole nitrogens is 2. The van der Waals surface area contributed by atoms with E-state index in [9.17, 15) is 9.59 Å². The van der Waals surface area contributed by atoms with Crippen LogP contribution in [0.3, 0.4) is 0 Å². The zero-order valence-electron chi connectivity index (χ0n) is 18.2. The Morgan fingerprint density at radius 2 is 2.03 bits per heavy atom. The molecule has 8 heteroatoms. The fourth-order valence-corrected chi connectivity index (χ4v) is 4.20. The van der Waals surface area contributed by atoms with Crippen LogP contribution in [0, 0.1) is 13.8 Å². The van der Waals surface area contributed by atoms with Crippen molar-refractivity contribution in [3.05, 3.63) is 81.7 Å². The van der Waals surface area contributed by atoms with Crippen LogP contribution in [0.2, 0.25) is 0 Å². The van der Waals surface area contributed by atoms with E-state index < -0.39 is 6.04 Å². The molecule has 7 nitrogen and oxygen atoms in total. The second-order valence-corrected chi connectivity index (χ2v) is 8.66. The van der Waals surface area contributed by atoms with Crippen molar-refractivity contribution in [2.24, 2.45) is 0 Å². The van der Waals surface area contributed by atoms with E-state index in [1.54, 1.807) is 30.2 Å². The number of para-hydroxylation sites is 1. The minimum atomic E-state index is -0.403. The Morgan fingerprint density at radius 3 is 2.78 bits per heavy atom. The van der Waals surface area contributed by atoms with Gasteiger partial charge in [-0.25, -0.2) is 4.98 Å². The number of carbonyl (C=O) groups excluding carboxylic acids is 1. The van der Waals surface area contributed by atoms with Crippen LogP contribution >= 0.6 is 11.8 Å². The van der Waals surface area contributed by atoms with Gasteiger partial charge in [-0.3, -0.25) is 14.6 Å². The van der Waals surface area contributed by atoms with E-state index in [0.717, 1.165) is 27.9 Å². The molecule has 4 aromatic rings. The molecule has 0 aliphatic heterocycles. The minimum Gasteiger partial charge on any atom is -0.358 e. The Balaban J connectivity index is 1.70. The zero-order valence-corrected chi connectivity index (χ0v) is 19.0. The number of aromatic nitrogens is 4. The molecule has 0 saturated carbocycles. The quantitative estimate of drug-likeness (QED) is 0.395. The first-order valence-electron chi connectivity index (χ1n) is 10.4. The maximum atomic E-state index is 13.3. The van der Waals surface area contributed by atoms with Crippen LogP contribution in [-0.4, -0.2) is 37.9 Å². The summed E-state index contributed by atoms with van der Waals surface area (Å²) in [5.74, 6) is 1.04. The SMILES string of the molecule is CSCC[C@H](NC(=O)c1cccc2c(C)c(C)[nH]c12)c1cc(=O)[nH]c(-c2cccnc2)n1. The maximum absolute atomic E-state index is 13.3. The highest BCUT2D eigenvalue weighted by Crippen LogP contribution is 2.25. The normalized spacial score (nSPS) is 12.1. The van der Waals surface area contributed by atoms with Crippen molar-refractivity contribution in [1.82, 2.24) is 25.3 Å². The summed E-state index contributed by atoms with van der Waals surface area (Å²) in [5, 5.41) is 4.14. The topological polar surface area (TPSA) is 104 Å². The van der Waals surface area contributed by atoms with Gasteiger partial charge in [0, 0.05) is 35.1 Å². The van der Waals surface area contributed by atoms with Crippen molar-refractivity contribution in [3.8, 4) is 11.4 Å². The number of nitrogens with one attached hydrogen (secondary N) is 3. The van der Waals surface area contributed by atoms with Crippen molar-refractivity contribution in [1.29, 1.82) is 0 Å². The minimum absolute atomic E-state index is 0.201. The molecule has 32 heavy (non-hydrogen) atoms. The third-order valence-electron chi connectivity index (χ3n) is 5.56. The molecule has 4 rings (SSSR count). The smallest absolute Gasteiger partial charge is 0.253 e. The van der Waals surface area contributed by atoms with E-state index >= 15 is 0 Å². The van der Waals surface area contributed by atoms with Crippen molar-refractivity contribution >= 4 is 28.6 Å². The van der Waals surface area contributed by atoms with E-state index in [-0.39, 0.29) is 11.5 Å². The Morgan fingerprint density at radius 1 is 1.19 bits per heavy atom. The Labute approximate surface area is 190 Å². The van der Waals surface area contributed by atoms with Gasteiger partial charge in [0.05, 0.1) is 22.8 Å². The van der Waals surface area contributed by atoms with Gasteiger partial charge in [0.25, 0.3) is 11.5 Å². The first-order valence-corrected chi connectivity index (χ1v) is 11.8. The second kappa shape index (κ2) is 9.40. The first-order chi connectivity index (χ1) is 15.5. The monoisotopic (exact) mass is 447 g/mol. The molecule has 0 aliphatic carbocycles. The molecule has 0 aliphatic rings. The van der Waals surface area contributed by atoms with Gasteiger partial charge in [-0.05, 0) is 56.0 Å². The largest absolute Gasteiger partial charge is 0.358 e. The van der Waals surface area contributed by atoms with Gasteiger partial charge in [0.2, 0.25) is 0 Å². The highest BCUT2D eigenvalue weighted by Gasteiger charge is 2.21. The van der Waals surface area contributed by atoms with E-state index in [1.165, 1.54) is 6.07 Å². The van der Waals surface area contributed by atoms with Gasteiger partial charge in [0.15, 0.2) is 0 Å². The lowest BCUT2D eigenvalue weighted by Crippen LogP contribution is -2.31. The number of hydrogen-bond acceptors (Lipinski definition) is 5. The molecule has 1 amide bonds. The molecule has 0 fully saturated rings. The molecule has 1 atom stereocenters. The van der Waals surface area contributed by atoms with Crippen LogP contribution in [0.4, 0.5) is 0 Å². The van der Waals surface area contributed by atoms with Crippen LogP contribution in [0.5, 0.6) is 0 Å². The predicted molar refractivity (Wildman–Crippen MR) is 129 cm³/mol. The average molecular weight is 448 g/mol. The number of fused-ring (bicyclic) bond motifs is 1. The highest BCUT2D eigenvalue weighted by atomic mass is 32.2. The number of nitrogens with zero attached hydrogens (tertiary/aromatic N) is 2. The van der Waals surface area contributed by atoms with Crippen molar-refractivity contribution < 1.29 is 4.79 Å². The Hall–Kier alpha value is -3.39. The number of benzene rings is 1. The summed E-state index contributed by atoms with van der Waals surface area (Å²) in [5.41, 5.74) is 4.53. The number of hydrogen-bond donors (Lipinski definition) is 3. The third kappa shape index (κ3) is 4.45. The average Bonchev–Trinajstić information content (AvgIpc) is 3.10. The Kier molecular flexibility index (Phi) is 6.41. The second-order valence-electron chi connectivity index (χ2n) is 7.67. The maximum Gasteiger partial charge on any atom is 0.253 e. The van der Waals surface area contributed by atoms with Gasteiger partial charge in [-0.15, -0.1) is 0 Å². The fourth-order valence-electron chi connectivity index (χ4n) is 3.73. The number of thioether (sulfide) groups is 1. The number of carbonyl (C=O) groups is 1. The van der Waals surface area contributed by atoms with Crippen LogP contribution in [0.25, 0.3) is 22.3 Å². The summed E-state index contributed by atoms with van der Waals surface area (Å²) in [6.45, 7) is 4.04. The standard InChI is InChI=1S/C24H25N5O2S/c1-14-15(2)26-22-17(14)7-4-8-18(22)24(31)28-19(9-11-32-3)20-12-21(30)29-23(27-20)16-6-5-10-25-13-16/h4-8,10,12-13,19,26H,9,11H2,1-3H3,(H,28,31)(H,27,29,30)/t19-/m0/s1. The van der Waals surface area contributed by atoms with E-state index in [1.807, 2.05) is 44.4 Å². The molecule has 164 valence electrons. The number of amides is 1. The molecule has 3 N–H and O–H groups in total. The van der Waals surface area contributed by atoms with Gasteiger partial charge in [-0.1, -0.05) is 12.1 Å². The fraction of sp³-hybridized carbons (Fsp3) is 0.250. The lowest BCUT2D eigenvalue weighted by molar-refractivity contribution is 0.0936. The summed E-state index contributed by atoms with van der Waals surface area (Å²) in [7, 11) is 0. The summed E-state index contributed by atoms with van der Waals surface area (Å²) in [4.78, 5) is 40.6. The summed E-state index contributed by atoms with van der Waals surface area (Å²) in [6.07, 6.45) is 5.97. The van der Waals surface area contributed by atoms with Crippen molar-refractivity contribution in [2.45, 2.75) is 26.3 Å². The third-order valence-corrected chi connectivity index (χ3v) is 6.20. The molecule has 0 bridgehead atoms. The molecule has 0 radical (unpaired) electrons. The molecule has 0 unspecified atom stereocenters. The van der Waals surface area contributed by atoms with Crippen LogP contribution in [0.15, 0.2) is 53.6 Å². The molecule has 3 aromatic heterocycles. The summed E-state index contributed by atoms with van der Waals surface area (Å²) < 4.78 is 0. The Bertz CT molecular complexity index is 1310. The number of aryl methyl sites for hydroxylation is 2. The number of aromatic amines is 2. The molecule has 1 aromatic carbocycles. The molecule has 0 spiro atoms. The molecular formula is C24H25N5O2S. The molecule has 3 heterocycles. The van der Waals surface area contributed by atoms with Crippen LogP contribution in [-0.2, 0) is 0 Å². The summed E-state index contributed by atoms with van der Waals surface area (Å²) >= 11 is 1.68. The van der Waals surface area contributed by atoms with E-state index in [2.05, 4.69) is 25.3 Å². The lowest BCUT2D eigenvalue weighted by atomic mass is 10.1. The first kappa shape index (κ1) is 21.8.